The van der Waals surface area contributed by atoms with Crippen molar-refractivity contribution in [2.75, 3.05) is 42.9 Å². The van der Waals surface area contributed by atoms with E-state index in [9.17, 15) is 27.2 Å². The number of aromatic nitrogens is 2. The number of carbonyl (C=O) groups is 2. The second kappa shape index (κ2) is 11.9. The topological polar surface area (TPSA) is 90.5 Å². The van der Waals surface area contributed by atoms with Crippen LogP contribution in [0.5, 0.6) is 0 Å². The van der Waals surface area contributed by atoms with E-state index in [4.69, 9.17) is 0 Å². The molecule has 0 spiro atoms. The zero-order valence-corrected chi connectivity index (χ0v) is 20.3. The molecule has 1 aliphatic heterocycles. The van der Waals surface area contributed by atoms with E-state index in [1.165, 1.54) is 35.2 Å². The van der Waals surface area contributed by atoms with Gasteiger partial charge in [0.2, 0.25) is 0 Å². The molecule has 0 aliphatic carbocycles. The number of anilines is 2. The van der Waals surface area contributed by atoms with Crippen molar-refractivity contribution in [2.45, 2.75) is 19.0 Å². The van der Waals surface area contributed by atoms with Crippen LogP contribution in [0.2, 0.25) is 0 Å². The molecule has 1 aliphatic rings. The molecule has 1 saturated heterocycles. The summed E-state index contributed by atoms with van der Waals surface area (Å²) in [7, 11) is 0. The quantitative estimate of drug-likeness (QED) is 0.350. The molecule has 8 nitrogen and oxygen atoms in total. The molecule has 12 heteroatoms. The van der Waals surface area contributed by atoms with Crippen molar-refractivity contribution >= 4 is 23.6 Å². The van der Waals surface area contributed by atoms with E-state index < -0.39 is 23.7 Å². The number of halogens is 4. The third-order valence-electron chi connectivity index (χ3n) is 6.09. The highest BCUT2D eigenvalue weighted by atomic mass is 19.4. The number of nitrogens with zero attached hydrogens (tertiary/aromatic N) is 4. The minimum absolute atomic E-state index is 0.229. The number of nitrogens with one attached hydrogen (secondary N) is 2. The average Bonchev–Trinajstić information content (AvgIpc) is 2.92. The van der Waals surface area contributed by atoms with Gasteiger partial charge < -0.3 is 15.1 Å². The first-order valence-electron chi connectivity index (χ1n) is 12.0. The fraction of sp³-hybridized carbons (Fsp3) is 0.308. The van der Waals surface area contributed by atoms with Crippen LogP contribution < -0.4 is 15.5 Å². The molecule has 0 saturated carbocycles. The van der Waals surface area contributed by atoms with E-state index in [0.717, 1.165) is 11.6 Å². The molecule has 38 heavy (non-hydrogen) atoms. The number of amides is 3. The maximum Gasteiger partial charge on any atom is 0.417 e. The molecule has 0 radical (unpaired) electrons. The normalized spacial score (nSPS) is 13.8. The van der Waals surface area contributed by atoms with Crippen molar-refractivity contribution < 1.29 is 27.2 Å². The van der Waals surface area contributed by atoms with Gasteiger partial charge in [-0.2, -0.15) is 13.2 Å². The van der Waals surface area contributed by atoms with Crippen LogP contribution >= 0.6 is 0 Å². The number of carbonyl (C=O) groups excluding carboxylic acids is 2. The number of rotatable bonds is 7. The third-order valence-corrected chi connectivity index (χ3v) is 6.09. The second-order valence-corrected chi connectivity index (χ2v) is 8.71. The summed E-state index contributed by atoms with van der Waals surface area (Å²) in [5.41, 5.74) is -0.331. The Balaban J connectivity index is 1.22. The van der Waals surface area contributed by atoms with Gasteiger partial charge in [0.05, 0.1) is 11.1 Å². The zero-order valence-electron chi connectivity index (χ0n) is 20.3. The van der Waals surface area contributed by atoms with Crippen molar-refractivity contribution in [3.05, 3.63) is 83.2 Å². The highest BCUT2D eigenvalue weighted by Crippen LogP contribution is 2.32. The minimum Gasteiger partial charge on any atom is -0.352 e. The van der Waals surface area contributed by atoms with Crippen LogP contribution in [0.15, 0.2) is 60.7 Å². The van der Waals surface area contributed by atoms with Gasteiger partial charge in [-0.05, 0) is 54.8 Å². The Hall–Kier alpha value is -4.22. The number of alkyl halides is 3. The maximum atomic E-state index is 13.3. The molecule has 2 heterocycles. The molecular weight excluding hydrogens is 504 g/mol. The number of benzene rings is 2. The van der Waals surface area contributed by atoms with E-state index in [-0.39, 0.29) is 30.3 Å². The summed E-state index contributed by atoms with van der Waals surface area (Å²) in [6, 6.07) is 13.8. The van der Waals surface area contributed by atoms with Crippen molar-refractivity contribution in [1.29, 1.82) is 0 Å². The highest BCUT2D eigenvalue weighted by molar-refractivity contribution is 5.96. The Morgan fingerprint density at radius 3 is 2.26 bits per heavy atom. The van der Waals surface area contributed by atoms with E-state index in [2.05, 4.69) is 20.8 Å². The summed E-state index contributed by atoms with van der Waals surface area (Å²) < 4.78 is 52.8. The summed E-state index contributed by atoms with van der Waals surface area (Å²) in [4.78, 5) is 28.1. The van der Waals surface area contributed by atoms with Crippen molar-refractivity contribution in [3.8, 4) is 0 Å². The first kappa shape index (κ1) is 26.8. The molecular formula is C26H26F4N6O2. The number of piperazine rings is 1. The second-order valence-electron chi connectivity index (χ2n) is 8.71. The van der Waals surface area contributed by atoms with Crippen molar-refractivity contribution in [2.24, 2.45) is 0 Å². The molecule has 0 unspecified atom stereocenters. The largest absolute Gasteiger partial charge is 0.417 e. The maximum absolute atomic E-state index is 13.3. The molecule has 4 rings (SSSR count). The Labute approximate surface area is 216 Å². The van der Waals surface area contributed by atoms with Crippen molar-refractivity contribution in [1.82, 2.24) is 20.4 Å². The van der Waals surface area contributed by atoms with Gasteiger partial charge in [0, 0.05) is 32.7 Å². The van der Waals surface area contributed by atoms with Crippen LogP contribution in [0.1, 0.15) is 27.9 Å². The molecule has 2 aromatic carbocycles. The Morgan fingerprint density at radius 2 is 1.61 bits per heavy atom. The summed E-state index contributed by atoms with van der Waals surface area (Å²) in [5, 5.41) is 13.5. The molecule has 3 aromatic rings. The molecule has 200 valence electrons. The lowest BCUT2D eigenvalue weighted by molar-refractivity contribution is -0.138. The highest BCUT2D eigenvalue weighted by Gasteiger charge is 2.36. The number of hydrogen-bond acceptors (Lipinski definition) is 5. The van der Waals surface area contributed by atoms with Gasteiger partial charge in [-0.1, -0.05) is 24.3 Å². The number of urea groups is 1. The Kier molecular flexibility index (Phi) is 8.39. The van der Waals surface area contributed by atoms with E-state index in [1.807, 2.05) is 4.90 Å². The van der Waals surface area contributed by atoms with Crippen LogP contribution in [0.4, 0.5) is 34.0 Å². The summed E-state index contributed by atoms with van der Waals surface area (Å²) in [5.74, 6) is -0.172. The lowest BCUT2D eigenvalue weighted by atomic mass is 10.1. The average molecular weight is 531 g/mol. The van der Waals surface area contributed by atoms with Crippen LogP contribution in [-0.4, -0.2) is 59.8 Å². The first-order valence-corrected chi connectivity index (χ1v) is 12.0. The predicted octanol–water partition coefficient (Wildman–Crippen LogP) is 4.35. The van der Waals surface area contributed by atoms with Crippen molar-refractivity contribution in [3.63, 3.8) is 0 Å². The monoisotopic (exact) mass is 530 g/mol. The van der Waals surface area contributed by atoms with Gasteiger partial charge in [-0.3, -0.25) is 10.1 Å². The molecule has 0 bridgehead atoms. The van der Waals surface area contributed by atoms with Gasteiger partial charge >= 0.3 is 12.2 Å². The zero-order chi connectivity index (χ0) is 27.1. The minimum atomic E-state index is -4.61. The predicted molar refractivity (Wildman–Crippen MR) is 133 cm³/mol. The smallest absolute Gasteiger partial charge is 0.352 e. The van der Waals surface area contributed by atoms with E-state index >= 15 is 0 Å². The van der Waals surface area contributed by atoms with Crippen LogP contribution in [0.25, 0.3) is 0 Å². The van der Waals surface area contributed by atoms with E-state index in [1.54, 1.807) is 24.3 Å². The summed E-state index contributed by atoms with van der Waals surface area (Å²) in [6.07, 6.45) is -3.23. The lowest BCUT2D eigenvalue weighted by Gasteiger charge is -2.35. The van der Waals surface area contributed by atoms with Gasteiger partial charge in [0.25, 0.3) is 5.91 Å². The molecule has 2 N–H and O–H groups in total. The summed E-state index contributed by atoms with van der Waals surface area (Å²) >= 11 is 0. The molecule has 0 atom stereocenters. The number of hydrogen-bond donors (Lipinski definition) is 2. The van der Waals surface area contributed by atoms with Crippen LogP contribution in [-0.2, 0) is 12.6 Å². The molecule has 1 aromatic heterocycles. The van der Waals surface area contributed by atoms with Gasteiger partial charge in [-0.15, -0.1) is 10.2 Å². The first-order chi connectivity index (χ1) is 18.2. The Bertz CT molecular complexity index is 1240. The fourth-order valence-corrected chi connectivity index (χ4v) is 4.09. The third kappa shape index (κ3) is 6.96. The van der Waals surface area contributed by atoms with Gasteiger partial charge in [0.1, 0.15) is 5.82 Å². The van der Waals surface area contributed by atoms with Crippen LogP contribution in [0, 0.1) is 5.82 Å². The van der Waals surface area contributed by atoms with Gasteiger partial charge in [0.15, 0.2) is 11.6 Å². The SMILES string of the molecule is O=C(NCCCc1ccc(F)cc1)Nc1ccc(N2CCN(C(=O)c3ccccc3C(F)(F)F)CC2)nn1. The summed E-state index contributed by atoms with van der Waals surface area (Å²) in [6.45, 7) is 1.62. The fourth-order valence-electron chi connectivity index (χ4n) is 4.09. The standard InChI is InChI=1S/C26H26F4N6O2/c27-19-9-7-18(8-10-19)4-3-13-31-25(38)32-22-11-12-23(34-33-22)35-14-16-36(17-15-35)24(37)20-5-1-2-6-21(20)26(28,29)30/h1-2,5-12H,3-4,13-17H2,(H2,31,32,33,38). The molecule has 3 amide bonds. The van der Waals surface area contributed by atoms with Gasteiger partial charge in [-0.25, -0.2) is 9.18 Å². The number of aryl methyl sites for hydroxylation is 1. The lowest BCUT2D eigenvalue weighted by Crippen LogP contribution is -2.49. The van der Waals surface area contributed by atoms with E-state index in [0.29, 0.717) is 38.3 Å². The Morgan fingerprint density at radius 1 is 0.895 bits per heavy atom. The van der Waals surface area contributed by atoms with Crippen LogP contribution in [0.3, 0.4) is 0 Å². The molecule has 1 fully saturated rings.